The topological polar surface area (TPSA) is 29.9 Å². The Kier molecular flexibility index (Phi) is 3.48. The summed E-state index contributed by atoms with van der Waals surface area (Å²) in [7, 11) is 1.97. The Labute approximate surface area is 80.1 Å². The summed E-state index contributed by atoms with van der Waals surface area (Å²) in [5.74, 6) is 0. The van der Waals surface area contributed by atoms with Crippen LogP contribution in [0.1, 0.15) is 31.5 Å². The molecule has 3 heteroatoms. The summed E-state index contributed by atoms with van der Waals surface area (Å²) >= 11 is 0. The van der Waals surface area contributed by atoms with Gasteiger partial charge >= 0.3 is 0 Å². The summed E-state index contributed by atoms with van der Waals surface area (Å²) in [6.07, 6.45) is 3.10. The van der Waals surface area contributed by atoms with Crippen molar-refractivity contribution >= 4 is 0 Å². The second-order valence-corrected chi connectivity index (χ2v) is 3.57. The summed E-state index contributed by atoms with van der Waals surface area (Å²) in [6.45, 7) is 7.41. The fraction of sp³-hybridized carbons (Fsp3) is 0.700. The van der Waals surface area contributed by atoms with E-state index in [2.05, 4.69) is 31.2 Å². The van der Waals surface area contributed by atoms with Crippen LogP contribution < -0.4 is 5.32 Å². The standard InChI is InChI=1S/C10H19N3/c1-5-8(2)11-6-10-7-12-13(4)9(10)3/h7-8,11H,5-6H2,1-4H3. The van der Waals surface area contributed by atoms with Crippen molar-refractivity contribution in [1.29, 1.82) is 0 Å². The van der Waals surface area contributed by atoms with Crippen molar-refractivity contribution in [3.63, 3.8) is 0 Å². The largest absolute Gasteiger partial charge is 0.310 e. The second-order valence-electron chi connectivity index (χ2n) is 3.57. The van der Waals surface area contributed by atoms with E-state index in [0.29, 0.717) is 6.04 Å². The van der Waals surface area contributed by atoms with Crippen molar-refractivity contribution in [2.45, 2.75) is 39.8 Å². The first-order valence-electron chi connectivity index (χ1n) is 4.86. The molecule has 0 aliphatic rings. The number of nitrogens with one attached hydrogen (secondary N) is 1. The second kappa shape index (κ2) is 4.42. The molecule has 0 amide bonds. The third-order valence-corrected chi connectivity index (χ3v) is 2.59. The molecule has 0 aromatic carbocycles. The number of hydrogen-bond donors (Lipinski definition) is 1. The fourth-order valence-electron chi connectivity index (χ4n) is 1.15. The lowest BCUT2D eigenvalue weighted by Gasteiger charge is -2.10. The zero-order valence-electron chi connectivity index (χ0n) is 8.96. The van der Waals surface area contributed by atoms with Gasteiger partial charge in [-0.15, -0.1) is 0 Å². The molecule has 0 saturated carbocycles. The van der Waals surface area contributed by atoms with Crippen molar-refractivity contribution in [1.82, 2.24) is 15.1 Å². The highest BCUT2D eigenvalue weighted by atomic mass is 15.3. The van der Waals surface area contributed by atoms with E-state index in [1.165, 1.54) is 17.7 Å². The summed E-state index contributed by atoms with van der Waals surface area (Å²) in [6, 6.07) is 0.583. The maximum Gasteiger partial charge on any atom is 0.0537 e. The van der Waals surface area contributed by atoms with Crippen molar-refractivity contribution in [3.05, 3.63) is 17.5 Å². The lowest BCUT2D eigenvalue weighted by molar-refractivity contribution is 0.533. The van der Waals surface area contributed by atoms with Gasteiger partial charge in [-0.3, -0.25) is 4.68 Å². The van der Waals surface area contributed by atoms with E-state index in [0.717, 1.165) is 6.54 Å². The highest BCUT2D eigenvalue weighted by Crippen LogP contribution is 2.05. The maximum absolute atomic E-state index is 4.20. The SMILES string of the molecule is CCC(C)NCc1cnn(C)c1C. The van der Waals surface area contributed by atoms with Crippen LogP contribution in [0.25, 0.3) is 0 Å². The van der Waals surface area contributed by atoms with Crippen LogP contribution in [-0.4, -0.2) is 15.8 Å². The fourth-order valence-corrected chi connectivity index (χ4v) is 1.15. The minimum Gasteiger partial charge on any atom is -0.310 e. The van der Waals surface area contributed by atoms with Crippen LogP contribution in [0.3, 0.4) is 0 Å². The predicted octanol–water partition coefficient (Wildman–Crippen LogP) is 1.62. The highest BCUT2D eigenvalue weighted by molar-refractivity contribution is 5.15. The molecule has 1 heterocycles. The Morgan fingerprint density at radius 1 is 1.62 bits per heavy atom. The van der Waals surface area contributed by atoms with E-state index in [9.17, 15) is 0 Å². The smallest absolute Gasteiger partial charge is 0.0537 e. The van der Waals surface area contributed by atoms with Crippen LogP contribution in [0.2, 0.25) is 0 Å². The molecule has 0 fully saturated rings. The molecule has 1 N–H and O–H groups in total. The van der Waals surface area contributed by atoms with Gasteiger partial charge in [-0.2, -0.15) is 5.10 Å². The van der Waals surface area contributed by atoms with Gasteiger partial charge in [0.2, 0.25) is 0 Å². The summed E-state index contributed by atoms with van der Waals surface area (Å²) in [5, 5.41) is 7.65. The van der Waals surface area contributed by atoms with E-state index in [1.54, 1.807) is 0 Å². The Morgan fingerprint density at radius 3 is 2.77 bits per heavy atom. The van der Waals surface area contributed by atoms with Gasteiger partial charge in [-0.1, -0.05) is 6.92 Å². The number of rotatable bonds is 4. The summed E-state index contributed by atoms with van der Waals surface area (Å²) < 4.78 is 1.91. The first-order chi connectivity index (χ1) is 6.15. The molecule has 0 spiro atoms. The van der Waals surface area contributed by atoms with Crippen LogP contribution in [-0.2, 0) is 13.6 Å². The molecule has 74 valence electrons. The average molecular weight is 181 g/mol. The Morgan fingerprint density at radius 2 is 2.31 bits per heavy atom. The van der Waals surface area contributed by atoms with Gasteiger partial charge < -0.3 is 5.32 Å². The predicted molar refractivity (Wildman–Crippen MR) is 54.5 cm³/mol. The first-order valence-corrected chi connectivity index (χ1v) is 4.86. The van der Waals surface area contributed by atoms with Gasteiger partial charge in [0.15, 0.2) is 0 Å². The number of aromatic nitrogens is 2. The minimum absolute atomic E-state index is 0.583. The van der Waals surface area contributed by atoms with Crippen molar-refractivity contribution < 1.29 is 0 Å². The van der Waals surface area contributed by atoms with E-state index >= 15 is 0 Å². The van der Waals surface area contributed by atoms with E-state index in [1.807, 2.05) is 17.9 Å². The molecule has 3 nitrogen and oxygen atoms in total. The molecule has 0 saturated heterocycles. The lowest BCUT2D eigenvalue weighted by Crippen LogP contribution is -2.24. The molecule has 1 atom stereocenters. The monoisotopic (exact) mass is 181 g/mol. The Bertz CT molecular complexity index is 265. The third kappa shape index (κ3) is 2.56. The van der Waals surface area contributed by atoms with Crippen LogP contribution in [0.4, 0.5) is 0 Å². The molecule has 1 aromatic heterocycles. The highest BCUT2D eigenvalue weighted by Gasteiger charge is 2.04. The lowest BCUT2D eigenvalue weighted by atomic mass is 10.2. The van der Waals surface area contributed by atoms with E-state index in [-0.39, 0.29) is 0 Å². The van der Waals surface area contributed by atoms with Gasteiger partial charge in [-0.05, 0) is 20.3 Å². The molecule has 1 aromatic rings. The van der Waals surface area contributed by atoms with E-state index in [4.69, 9.17) is 0 Å². The molecule has 1 rings (SSSR count). The van der Waals surface area contributed by atoms with Crippen molar-refractivity contribution in [2.24, 2.45) is 7.05 Å². The van der Waals surface area contributed by atoms with Gasteiger partial charge in [0.25, 0.3) is 0 Å². The Hall–Kier alpha value is -0.830. The van der Waals surface area contributed by atoms with Crippen LogP contribution in [0.5, 0.6) is 0 Å². The van der Waals surface area contributed by atoms with Crippen LogP contribution in [0, 0.1) is 6.92 Å². The summed E-state index contributed by atoms with van der Waals surface area (Å²) in [4.78, 5) is 0. The van der Waals surface area contributed by atoms with Gasteiger partial charge in [0.1, 0.15) is 0 Å². The van der Waals surface area contributed by atoms with E-state index < -0.39 is 0 Å². The van der Waals surface area contributed by atoms with Crippen molar-refractivity contribution in [3.8, 4) is 0 Å². The number of hydrogen-bond acceptors (Lipinski definition) is 2. The van der Waals surface area contributed by atoms with Gasteiger partial charge in [0.05, 0.1) is 6.20 Å². The molecule has 1 unspecified atom stereocenters. The molecule has 0 radical (unpaired) electrons. The number of aryl methyl sites for hydroxylation is 1. The van der Waals surface area contributed by atoms with Crippen LogP contribution >= 0.6 is 0 Å². The molecule has 13 heavy (non-hydrogen) atoms. The molecular weight excluding hydrogens is 162 g/mol. The summed E-state index contributed by atoms with van der Waals surface area (Å²) in [5.41, 5.74) is 2.54. The third-order valence-electron chi connectivity index (χ3n) is 2.59. The Balaban J connectivity index is 2.50. The average Bonchev–Trinajstić information content (AvgIpc) is 2.44. The van der Waals surface area contributed by atoms with Gasteiger partial charge in [0, 0.05) is 30.9 Å². The number of nitrogens with zero attached hydrogens (tertiary/aromatic N) is 2. The van der Waals surface area contributed by atoms with Crippen molar-refractivity contribution in [2.75, 3.05) is 0 Å². The molecule has 0 aliphatic heterocycles. The van der Waals surface area contributed by atoms with Gasteiger partial charge in [-0.25, -0.2) is 0 Å². The molecule has 0 aliphatic carbocycles. The molecule has 0 bridgehead atoms. The maximum atomic E-state index is 4.20. The normalized spacial score (nSPS) is 13.2. The minimum atomic E-state index is 0.583. The zero-order valence-corrected chi connectivity index (χ0v) is 8.96. The zero-order chi connectivity index (χ0) is 9.84. The van der Waals surface area contributed by atoms with Crippen LogP contribution in [0.15, 0.2) is 6.20 Å². The first kappa shape index (κ1) is 10.3. The quantitative estimate of drug-likeness (QED) is 0.765. The molecular formula is C10H19N3.